The quantitative estimate of drug-likeness (QED) is 0.669. The van der Waals surface area contributed by atoms with E-state index in [1.165, 1.54) is 0 Å². The first kappa shape index (κ1) is 13.3. The predicted octanol–water partition coefficient (Wildman–Crippen LogP) is 3.02. The van der Waals surface area contributed by atoms with Crippen LogP contribution in [0.2, 0.25) is 0 Å². The first-order valence-electron chi connectivity index (χ1n) is 2.71. The highest BCUT2D eigenvalue weighted by Gasteiger charge is 2.66. The van der Waals surface area contributed by atoms with Gasteiger partial charge in [0.1, 0.15) is 0 Å². The van der Waals surface area contributed by atoms with Crippen molar-refractivity contribution in [3.63, 3.8) is 0 Å². The topological polar surface area (TPSA) is 9.23 Å². The molecule has 86 valence electrons. The zero-order valence-corrected chi connectivity index (χ0v) is 5.89. The lowest BCUT2D eigenvalue weighted by atomic mass is 10.3. The van der Waals surface area contributed by atoms with Crippen molar-refractivity contribution in [2.24, 2.45) is 0 Å². The predicted molar refractivity (Wildman–Crippen MR) is 23.0 cm³/mol. The summed E-state index contributed by atoms with van der Waals surface area (Å²) < 4.78 is 104. The summed E-state index contributed by atoms with van der Waals surface area (Å²) in [6.45, 7) is 0. The summed E-state index contributed by atoms with van der Waals surface area (Å²) in [4.78, 5) is 0. The van der Waals surface area contributed by atoms with E-state index in [-0.39, 0.29) is 0 Å². The molecule has 0 fully saturated rings. The van der Waals surface area contributed by atoms with Gasteiger partial charge in [0.25, 0.3) is 6.36 Å². The first-order chi connectivity index (χ1) is 5.88. The molecular formula is C4HF9O. The minimum Gasteiger partial charge on any atom is -0.250 e. The van der Waals surface area contributed by atoms with E-state index in [1.54, 1.807) is 0 Å². The molecule has 0 aliphatic heterocycles. The largest absolute Gasteiger partial charge is 0.525 e. The molecule has 0 radical (unpaired) electrons. The minimum absolute atomic E-state index is 1.89. The second kappa shape index (κ2) is 3.48. The van der Waals surface area contributed by atoms with Gasteiger partial charge in [0.2, 0.25) is 0 Å². The molecule has 0 aromatic heterocycles. The van der Waals surface area contributed by atoms with E-state index < -0.39 is 24.8 Å². The van der Waals surface area contributed by atoms with Crippen LogP contribution in [0, 0.1) is 0 Å². The highest BCUT2D eigenvalue weighted by molar-refractivity contribution is 4.79. The lowest BCUT2D eigenvalue weighted by Crippen LogP contribution is -2.47. The van der Waals surface area contributed by atoms with Crippen LogP contribution in [0.4, 0.5) is 39.5 Å². The van der Waals surface area contributed by atoms with Crippen molar-refractivity contribution in [2.45, 2.75) is 24.8 Å². The van der Waals surface area contributed by atoms with Crippen molar-refractivity contribution in [3.05, 3.63) is 0 Å². The Morgan fingerprint density at radius 2 is 1.14 bits per heavy atom. The van der Waals surface area contributed by atoms with Gasteiger partial charge >= 0.3 is 18.5 Å². The lowest BCUT2D eigenvalue weighted by Gasteiger charge is -2.23. The van der Waals surface area contributed by atoms with Gasteiger partial charge in [-0.15, -0.1) is 13.2 Å². The van der Waals surface area contributed by atoms with Crippen molar-refractivity contribution in [3.8, 4) is 0 Å². The Balaban J connectivity index is 4.61. The maximum Gasteiger partial charge on any atom is 0.525 e. The molecule has 0 aromatic carbocycles. The molecule has 1 atom stereocenters. The van der Waals surface area contributed by atoms with Gasteiger partial charge in [-0.3, -0.25) is 4.74 Å². The monoisotopic (exact) mass is 236 g/mol. The zero-order valence-electron chi connectivity index (χ0n) is 5.89. The van der Waals surface area contributed by atoms with Crippen LogP contribution in [0.1, 0.15) is 0 Å². The normalized spacial score (nSPS) is 16.9. The van der Waals surface area contributed by atoms with Crippen LogP contribution in [0.15, 0.2) is 0 Å². The molecule has 0 aliphatic carbocycles. The van der Waals surface area contributed by atoms with Crippen LogP contribution in [-0.2, 0) is 4.74 Å². The molecule has 0 N–H and O–H groups in total. The maximum atomic E-state index is 11.8. The standard InChI is InChI=1S/C4HF9O/c5-1(14-4(11,12)13)2(6,7)3(8,9)10/h1H. The van der Waals surface area contributed by atoms with E-state index in [0.29, 0.717) is 0 Å². The highest BCUT2D eigenvalue weighted by atomic mass is 19.4. The number of hydrogen-bond acceptors (Lipinski definition) is 1. The lowest BCUT2D eigenvalue weighted by molar-refractivity contribution is -0.419. The average molecular weight is 236 g/mol. The molecule has 14 heavy (non-hydrogen) atoms. The third-order valence-corrected chi connectivity index (χ3v) is 0.900. The highest BCUT2D eigenvalue weighted by Crippen LogP contribution is 2.41. The van der Waals surface area contributed by atoms with Gasteiger partial charge in [-0.1, -0.05) is 0 Å². The summed E-state index contributed by atoms with van der Waals surface area (Å²) in [6.07, 6.45) is -17.2. The van der Waals surface area contributed by atoms with Crippen LogP contribution in [0.25, 0.3) is 0 Å². The molecule has 0 heterocycles. The van der Waals surface area contributed by atoms with Gasteiger partial charge in [0.05, 0.1) is 0 Å². The number of alkyl halides is 9. The fraction of sp³-hybridized carbons (Fsp3) is 1.00. The molecule has 1 unspecified atom stereocenters. The Labute approximate surface area is 70.4 Å². The van der Waals surface area contributed by atoms with Gasteiger partial charge in [-0.05, 0) is 0 Å². The van der Waals surface area contributed by atoms with E-state index in [2.05, 4.69) is 0 Å². The summed E-state index contributed by atoms with van der Waals surface area (Å²) in [5.74, 6) is -6.21. The molecule has 10 heteroatoms. The van der Waals surface area contributed by atoms with Crippen molar-refractivity contribution in [1.82, 2.24) is 0 Å². The number of halogens is 9. The molecule has 0 saturated carbocycles. The third kappa shape index (κ3) is 3.24. The van der Waals surface area contributed by atoms with Crippen LogP contribution in [-0.4, -0.2) is 24.8 Å². The van der Waals surface area contributed by atoms with E-state index in [4.69, 9.17) is 0 Å². The number of hydrogen-bond donors (Lipinski definition) is 0. The van der Waals surface area contributed by atoms with Gasteiger partial charge in [0, 0.05) is 0 Å². The third-order valence-electron chi connectivity index (χ3n) is 0.900. The SMILES string of the molecule is FC(OC(F)(F)F)C(F)(F)C(F)(F)F. The Bertz CT molecular complexity index is 190. The van der Waals surface area contributed by atoms with Gasteiger partial charge in [-0.25, -0.2) is 4.39 Å². The van der Waals surface area contributed by atoms with E-state index in [1.807, 2.05) is 4.74 Å². The fourth-order valence-corrected chi connectivity index (χ4v) is 0.320. The van der Waals surface area contributed by atoms with Crippen molar-refractivity contribution in [1.29, 1.82) is 0 Å². The van der Waals surface area contributed by atoms with Crippen molar-refractivity contribution in [2.75, 3.05) is 0 Å². The van der Waals surface area contributed by atoms with Crippen molar-refractivity contribution >= 4 is 0 Å². The fourth-order valence-electron chi connectivity index (χ4n) is 0.320. The van der Waals surface area contributed by atoms with Crippen LogP contribution in [0.3, 0.4) is 0 Å². The Kier molecular flexibility index (Phi) is 3.31. The Morgan fingerprint density at radius 1 is 0.786 bits per heavy atom. The smallest absolute Gasteiger partial charge is 0.250 e. The molecule has 0 rings (SSSR count). The summed E-state index contributed by atoms with van der Waals surface area (Å²) in [7, 11) is 0. The first-order valence-corrected chi connectivity index (χ1v) is 2.71. The summed E-state index contributed by atoms with van der Waals surface area (Å²) in [6, 6.07) is 0. The maximum absolute atomic E-state index is 11.8. The average Bonchev–Trinajstić information content (AvgIpc) is 1.80. The molecule has 0 bridgehead atoms. The molecule has 0 saturated heterocycles. The van der Waals surface area contributed by atoms with E-state index in [9.17, 15) is 39.5 Å². The summed E-state index contributed by atoms with van der Waals surface area (Å²) in [5, 5.41) is 0. The van der Waals surface area contributed by atoms with Crippen LogP contribution < -0.4 is 0 Å². The molecule has 0 spiro atoms. The van der Waals surface area contributed by atoms with Crippen molar-refractivity contribution < 1.29 is 44.3 Å². The number of ether oxygens (including phenoxy) is 1. The van der Waals surface area contributed by atoms with Crippen LogP contribution in [0.5, 0.6) is 0 Å². The Hall–Kier alpha value is -0.670. The zero-order chi connectivity index (χ0) is 11.8. The Morgan fingerprint density at radius 3 is 1.36 bits per heavy atom. The summed E-state index contributed by atoms with van der Waals surface area (Å²) >= 11 is 0. The van der Waals surface area contributed by atoms with Crippen LogP contribution >= 0.6 is 0 Å². The van der Waals surface area contributed by atoms with E-state index in [0.717, 1.165) is 0 Å². The minimum atomic E-state index is -6.45. The molecular weight excluding hydrogens is 235 g/mol. The number of rotatable bonds is 2. The summed E-state index contributed by atoms with van der Waals surface area (Å²) in [5.41, 5.74) is 0. The van der Waals surface area contributed by atoms with Gasteiger partial charge in [0.15, 0.2) is 0 Å². The molecule has 0 aliphatic rings. The van der Waals surface area contributed by atoms with Gasteiger partial charge < -0.3 is 0 Å². The molecule has 0 amide bonds. The van der Waals surface area contributed by atoms with Gasteiger partial charge in [-0.2, -0.15) is 22.0 Å². The van der Waals surface area contributed by atoms with E-state index >= 15 is 0 Å². The second-order valence-electron chi connectivity index (χ2n) is 2.00. The molecule has 1 nitrogen and oxygen atoms in total. The molecule has 0 aromatic rings. The second-order valence-corrected chi connectivity index (χ2v) is 2.00.